The minimum atomic E-state index is -0.0931. The molecule has 1 aromatic heterocycles. The summed E-state index contributed by atoms with van der Waals surface area (Å²) in [7, 11) is 0. The lowest BCUT2D eigenvalue weighted by Gasteiger charge is -2.20. The Labute approximate surface area is 167 Å². The number of rotatable bonds is 6. The van der Waals surface area contributed by atoms with Gasteiger partial charge in [0.1, 0.15) is 5.82 Å². The third-order valence-electron chi connectivity index (χ3n) is 5.89. The Morgan fingerprint density at radius 3 is 2.54 bits per heavy atom. The van der Waals surface area contributed by atoms with Crippen LogP contribution in [0.25, 0.3) is 0 Å². The van der Waals surface area contributed by atoms with E-state index in [-0.39, 0.29) is 17.9 Å². The Morgan fingerprint density at radius 2 is 1.86 bits per heavy atom. The number of carbonyl (C=O) groups is 1. The fraction of sp³-hybridized carbons (Fsp3) is 0.591. The Morgan fingerprint density at radius 1 is 1.11 bits per heavy atom. The maximum absolute atomic E-state index is 12.1. The highest BCUT2D eigenvalue weighted by molar-refractivity contribution is 5.81. The minimum Gasteiger partial charge on any atom is -0.346 e. The number of nitrogens with zero attached hydrogens (tertiary/aromatic N) is 4. The number of nitrogens with one attached hydrogen (secondary N) is 1. The number of hydrogen-bond acceptors (Lipinski definition) is 4. The van der Waals surface area contributed by atoms with E-state index in [0.29, 0.717) is 5.92 Å². The van der Waals surface area contributed by atoms with Crippen molar-refractivity contribution in [3.05, 3.63) is 47.0 Å². The molecule has 150 valence electrons. The van der Waals surface area contributed by atoms with Crippen molar-refractivity contribution < 1.29 is 4.79 Å². The quantitative estimate of drug-likeness (QED) is 0.835. The summed E-state index contributed by atoms with van der Waals surface area (Å²) in [5.74, 6) is 2.85. The van der Waals surface area contributed by atoms with E-state index in [2.05, 4.69) is 63.1 Å². The van der Waals surface area contributed by atoms with Crippen molar-refractivity contribution in [2.45, 2.75) is 65.1 Å². The van der Waals surface area contributed by atoms with Gasteiger partial charge in [0.2, 0.25) is 5.91 Å². The second kappa shape index (κ2) is 8.03. The van der Waals surface area contributed by atoms with Crippen molar-refractivity contribution in [1.82, 2.24) is 25.0 Å². The Balaban J connectivity index is 1.38. The Bertz CT molecular complexity index is 822. The zero-order valence-corrected chi connectivity index (χ0v) is 17.2. The molecule has 6 heteroatoms. The molecule has 1 unspecified atom stereocenters. The van der Waals surface area contributed by atoms with Crippen LogP contribution in [0.1, 0.15) is 68.3 Å². The number of carbonyl (C=O) groups excluding carboxylic acids is 1. The molecule has 28 heavy (non-hydrogen) atoms. The fourth-order valence-corrected chi connectivity index (χ4v) is 3.87. The highest BCUT2D eigenvalue weighted by Gasteiger charge is 2.31. The van der Waals surface area contributed by atoms with Gasteiger partial charge in [-0.25, -0.2) is 0 Å². The molecule has 1 aromatic carbocycles. The Kier molecular flexibility index (Phi) is 5.49. The van der Waals surface area contributed by atoms with E-state index >= 15 is 0 Å². The van der Waals surface area contributed by atoms with Gasteiger partial charge in [-0.05, 0) is 36.8 Å². The van der Waals surface area contributed by atoms with Gasteiger partial charge in [-0.3, -0.25) is 9.69 Å². The van der Waals surface area contributed by atoms with E-state index in [1.807, 2.05) is 6.92 Å². The number of hydrogen-bond donors (Lipinski definition) is 1. The van der Waals surface area contributed by atoms with Crippen molar-refractivity contribution in [1.29, 1.82) is 0 Å². The molecular formula is C22H31N5O. The average Bonchev–Trinajstić information content (AvgIpc) is 3.47. The first-order chi connectivity index (χ1) is 13.5. The summed E-state index contributed by atoms with van der Waals surface area (Å²) in [6.07, 6.45) is 2.92. The lowest BCUT2D eigenvalue weighted by Crippen LogP contribution is -2.31. The van der Waals surface area contributed by atoms with Crippen molar-refractivity contribution >= 4 is 5.91 Å². The standard InChI is InChI=1S/C22H31N5O/c1-15(2)18-6-4-17(5-7-18)14-26-11-10-20-24-25-21(27(20)13-12-26)16(3)23-22(28)19-8-9-19/h4-7,15-16,19H,8-14H2,1-3H3,(H,23,28). The molecule has 0 radical (unpaired) electrons. The van der Waals surface area contributed by atoms with Gasteiger partial charge in [-0.2, -0.15) is 0 Å². The summed E-state index contributed by atoms with van der Waals surface area (Å²) in [6, 6.07) is 8.90. The van der Waals surface area contributed by atoms with Crippen LogP contribution in [0.15, 0.2) is 24.3 Å². The second-order valence-corrected chi connectivity index (χ2v) is 8.55. The van der Waals surface area contributed by atoms with Crippen LogP contribution in [0.2, 0.25) is 0 Å². The first kappa shape index (κ1) is 19.1. The van der Waals surface area contributed by atoms with Crippen LogP contribution < -0.4 is 5.32 Å². The lowest BCUT2D eigenvalue weighted by atomic mass is 10.0. The summed E-state index contributed by atoms with van der Waals surface area (Å²) < 4.78 is 2.21. The van der Waals surface area contributed by atoms with Crippen LogP contribution in [0, 0.1) is 5.92 Å². The predicted molar refractivity (Wildman–Crippen MR) is 109 cm³/mol. The molecule has 2 aromatic rings. The van der Waals surface area contributed by atoms with Crippen molar-refractivity contribution in [2.24, 2.45) is 5.92 Å². The van der Waals surface area contributed by atoms with Crippen LogP contribution in [0.3, 0.4) is 0 Å². The van der Waals surface area contributed by atoms with E-state index in [1.54, 1.807) is 0 Å². The summed E-state index contributed by atoms with van der Waals surface area (Å²) in [5, 5.41) is 11.9. The van der Waals surface area contributed by atoms with Gasteiger partial charge in [0.05, 0.1) is 6.04 Å². The van der Waals surface area contributed by atoms with Gasteiger partial charge in [0.25, 0.3) is 0 Å². The summed E-state index contributed by atoms with van der Waals surface area (Å²) in [5.41, 5.74) is 2.74. The van der Waals surface area contributed by atoms with E-state index in [0.717, 1.165) is 57.1 Å². The molecule has 1 fully saturated rings. The monoisotopic (exact) mass is 381 g/mol. The zero-order chi connectivity index (χ0) is 19.7. The third kappa shape index (κ3) is 4.27. The largest absolute Gasteiger partial charge is 0.346 e. The Hall–Kier alpha value is -2.21. The predicted octanol–water partition coefficient (Wildman–Crippen LogP) is 3.05. The molecule has 1 N–H and O–H groups in total. The first-order valence-electron chi connectivity index (χ1n) is 10.5. The molecule has 1 aliphatic heterocycles. The van der Waals surface area contributed by atoms with E-state index in [4.69, 9.17) is 0 Å². The SMILES string of the molecule is CC(C)c1ccc(CN2CCc3nnc(C(C)NC(=O)C4CC4)n3CC2)cc1. The highest BCUT2D eigenvalue weighted by Crippen LogP contribution is 2.29. The molecule has 2 aliphatic rings. The van der Waals surface area contributed by atoms with Crippen molar-refractivity contribution in [2.75, 3.05) is 13.1 Å². The van der Waals surface area contributed by atoms with Gasteiger partial charge >= 0.3 is 0 Å². The molecular weight excluding hydrogens is 350 g/mol. The third-order valence-corrected chi connectivity index (χ3v) is 5.89. The summed E-state index contributed by atoms with van der Waals surface area (Å²) >= 11 is 0. The van der Waals surface area contributed by atoms with Crippen LogP contribution in [-0.4, -0.2) is 38.7 Å². The molecule has 1 saturated carbocycles. The lowest BCUT2D eigenvalue weighted by molar-refractivity contribution is -0.123. The molecule has 1 atom stereocenters. The number of benzene rings is 1. The molecule has 2 heterocycles. The van der Waals surface area contributed by atoms with Gasteiger partial charge < -0.3 is 9.88 Å². The zero-order valence-electron chi connectivity index (χ0n) is 17.2. The van der Waals surface area contributed by atoms with E-state index < -0.39 is 0 Å². The summed E-state index contributed by atoms with van der Waals surface area (Å²) in [4.78, 5) is 14.6. The van der Waals surface area contributed by atoms with Crippen molar-refractivity contribution in [3.8, 4) is 0 Å². The van der Waals surface area contributed by atoms with Gasteiger partial charge in [0, 0.05) is 38.5 Å². The topological polar surface area (TPSA) is 63.1 Å². The van der Waals surface area contributed by atoms with Gasteiger partial charge in [-0.1, -0.05) is 38.1 Å². The van der Waals surface area contributed by atoms with Crippen LogP contribution in [0.4, 0.5) is 0 Å². The smallest absolute Gasteiger partial charge is 0.223 e. The molecule has 4 rings (SSSR count). The van der Waals surface area contributed by atoms with Crippen LogP contribution in [0.5, 0.6) is 0 Å². The van der Waals surface area contributed by atoms with Gasteiger partial charge in [0.15, 0.2) is 5.82 Å². The molecule has 0 bridgehead atoms. The first-order valence-corrected chi connectivity index (χ1v) is 10.5. The van der Waals surface area contributed by atoms with E-state index in [9.17, 15) is 4.79 Å². The fourth-order valence-electron chi connectivity index (χ4n) is 3.87. The molecule has 0 spiro atoms. The molecule has 1 aliphatic carbocycles. The van der Waals surface area contributed by atoms with E-state index in [1.165, 1.54) is 11.1 Å². The summed E-state index contributed by atoms with van der Waals surface area (Å²) in [6.45, 7) is 10.2. The minimum absolute atomic E-state index is 0.0931. The maximum Gasteiger partial charge on any atom is 0.223 e. The molecule has 6 nitrogen and oxygen atoms in total. The normalized spacial score (nSPS) is 18.6. The van der Waals surface area contributed by atoms with Crippen LogP contribution in [-0.2, 0) is 24.3 Å². The number of aromatic nitrogens is 3. The van der Waals surface area contributed by atoms with Crippen LogP contribution >= 0.6 is 0 Å². The van der Waals surface area contributed by atoms with Crippen molar-refractivity contribution in [3.63, 3.8) is 0 Å². The molecule has 0 saturated heterocycles. The molecule has 1 amide bonds. The van der Waals surface area contributed by atoms with Gasteiger partial charge in [-0.15, -0.1) is 10.2 Å². The number of amides is 1. The maximum atomic E-state index is 12.1. The second-order valence-electron chi connectivity index (χ2n) is 8.55. The average molecular weight is 382 g/mol. The number of fused-ring (bicyclic) bond motifs is 1. The highest BCUT2D eigenvalue weighted by atomic mass is 16.2.